The minimum Gasteiger partial charge on any atom is -0.481 e. The number of hydrogen-bond donors (Lipinski definition) is 2. The Morgan fingerprint density at radius 2 is 2.18 bits per heavy atom. The lowest BCUT2D eigenvalue weighted by atomic mass is 10.0. The van der Waals surface area contributed by atoms with Crippen LogP contribution in [0.2, 0.25) is 0 Å². The van der Waals surface area contributed by atoms with Crippen LogP contribution in [0.5, 0.6) is 0 Å². The number of carboxylic acids is 1. The molecular weight excluding hydrogens is 146 g/mol. The van der Waals surface area contributed by atoms with Crippen LogP contribution in [0, 0.1) is 0 Å². The van der Waals surface area contributed by atoms with Crippen LogP contribution in [-0.4, -0.2) is 23.4 Å². The average Bonchev–Trinajstić information content (AvgIpc) is 1.84. The van der Waals surface area contributed by atoms with E-state index in [0.717, 1.165) is 0 Å². The summed E-state index contributed by atoms with van der Waals surface area (Å²) in [6.45, 7) is 3.78. The van der Waals surface area contributed by atoms with E-state index in [1.807, 2.05) is 13.8 Å². The smallest absolute Gasteiger partial charge is 0.303 e. The van der Waals surface area contributed by atoms with Gasteiger partial charge in [0.05, 0.1) is 12.3 Å². The Bertz CT molecular complexity index is 134. The van der Waals surface area contributed by atoms with Crippen molar-refractivity contribution < 1.29 is 14.6 Å². The van der Waals surface area contributed by atoms with E-state index in [9.17, 15) is 4.79 Å². The van der Waals surface area contributed by atoms with E-state index in [2.05, 4.69) is 0 Å². The fourth-order valence-corrected chi connectivity index (χ4v) is 0.706. The van der Waals surface area contributed by atoms with Gasteiger partial charge in [-0.25, -0.2) is 0 Å². The fraction of sp³-hybridized carbons (Fsp3) is 0.857. The topological polar surface area (TPSA) is 72.5 Å². The molecule has 0 atom stereocenters. The summed E-state index contributed by atoms with van der Waals surface area (Å²) < 4.78 is 5.09. The molecule has 0 heterocycles. The second-order valence-corrected chi connectivity index (χ2v) is 2.96. The average molecular weight is 161 g/mol. The van der Waals surface area contributed by atoms with Gasteiger partial charge < -0.3 is 15.6 Å². The van der Waals surface area contributed by atoms with Crippen LogP contribution < -0.4 is 5.73 Å². The molecule has 0 aliphatic rings. The van der Waals surface area contributed by atoms with Gasteiger partial charge in [-0.2, -0.15) is 0 Å². The maximum atomic E-state index is 10.2. The first-order valence-corrected chi connectivity index (χ1v) is 3.54. The van der Waals surface area contributed by atoms with Crippen molar-refractivity contribution in [2.24, 2.45) is 5.73 Å². The molecule has 66 valence electrons. The standard InChI is InChI=1S/C7H15NO3/c1-7(2,11-5-8)4-3-6(9)10/h3-5,8H2,1-2H3,(H,9,10). The highest BCUT2D eigenvalue weighted by Gasteiger charge is 2.18. The largest absolute Gasteiger partial charge is 0.481 e. The van der Waals surface area contributed by atoms with Gasteiger partial charge >= 0.3 is 5.97 Å². The number of carboxylic acid groups (broad SMARTS) is 1. The van der Waals surface area contributed by atoms with E-state index in [0.29, 0.717) is 6.42 Å². The molecule has 4 nitrogen and oxygen atoms in total. The maximum absolute atomic E-state index is 10.2. The molecular formula is C7H15NO3. The summed E-state index contributed by atoms with van der Waals surface area (Å²) in [7, 11) is 0. The van der Waals surface area contributed by atoms with Gasteiger partial charge in [-0.05, 0) is 20.3 Å². The third kappa shape index (κ3) is 5.82. The molecule has 0 aromatic heterocycles. The Morgan fingerprint density at radius 1 is 1.64 bits per heavy atom. The summed E-state index contributed by atoms with van der Waals surface area (Å²) in [5, 5.41) is 8.36. The predicted octanol–water partition coefficient (Wildman–Crippen LogP) is 0.563. The van der Waals surface area contributed by atoms with Gasteiger partial charge in [-0.3, -0.25) is 4.79 Å². The molecule has 0 saturated carbocycles. The van der Waals surface area contributed by atoms with Gasteiger partial charge in [-0.1, -0.05) is 0 Å². The van der Waals surface area contributed by atoms with Crippen molar-refractivity contribution in [3.63, 3.8) is 0 Å². The van der Waals surface area contributed by atoms with Gasteiger partial charge in [0.1, 0.15) is 0 Å². The third-order valence-corrected chi connectivity index (χ3v) is 1.41. The molecule has 4 heteroatoms. The first-order chi connectivity index (χ1) is 4.98. The van der Waals surface area contributed by atoms with E-state index in [1.165, 1.54) is 0 Å². The zero-order valence-corrected chi connectivity index (χ0v) is 6.96. The van der Waals surface area contributed by atoms with Crippen molar-refractivity contribution in [3.05, 3.63) is 0 Å². The molecule has 11 heavy (non-hydrogen) atoms. The van der Waals surface area contributed by atoms with E-state index in [1.54, 1.807) is 0 Å². The van der Waals surface area contributed by atoms with Gasteiger partial charge in [0, 0.05) is 6.42 Å². The van der Waals surface area contributed by atoms with Gasteiger partial charge in [0.15, 0.2) is 0 Å². The minimum atomic E-state index is -0.807. The second-order valence-electron chi connectivity index (χ2n) is 2.96. The van der Waals surface area contributed by atoms with Crippen LogP contribution in [0.1, 0.15) is 26.7 Å². The Hall–Kier alpha value is -0.610. The van der Waals surface area contributed by atoms with Crippen molar-refractivity contribution in [2.75, 3.05) is 6.73 Å². The molecule has 0 bridgehead atoms. The Labute approximate surface area is 66.3 Å². The summed E-state index contributed by atoms with van der Waals surface area (Å²) in [6, 6.07) is 0. The normalized spacial score (nSPS) is 11.5. The van der Waals surface area contributed by atoms with E-state index in [-0.39, 0.29) is 13.2 Å². The zero-order valence-electron chi connectivity index (χ0n) is 6.96. The Morgan fingerprint density at radius 3 is 2.55 bits per heavy atom. The number of aliphatic carboxylic acids is 1. The SMILES string of the molecule is CC(C)(CCC(=O)O)OCN. The number of hydrogen-bond acceptors (Lipinski definition) is 3. The minimum absolute atomic E-state index is 0.118. The summed E-state index contributed by atoms with van der Waals surface area (Å²) in [5.41, 5.74) is 4.73. The molecule has 0 radical (unpaired) electrons. The molecule has 0 rings (SSSR count). The molecule has 0 saturated heterocycles. The van der Waals surface area contributed by atoms with Gasteiger partial charge in [-0.15, -0.1) is 0 Å². The number of rotatable bonds is 5. The summed E-state index contributed by atoms with van der Waals surface area (Å²) in [6.07, 6.45) is 0.604. The third-order valence-electron chi connectivity index (χ3n) is 1.41. The van der Waals surface area contributed by atoms with Crippen LogP contribution in [0.15, 0.2) is 0 Å². The second kappa shape index (κ2) is 4.31. The Kier molecular flexibility index (Phi) is 4.07. The van der Waals surface area contributed by atoms with Gasteiger partial charge in [0.25, 0.3) is 0 Å². The highest BCUT2D eigenvalue weighted by Crippen LogP contribution is 2.15. The van der Waals surface area contributed by atoms with Crippen molar-refractivity contribution in [1.82, 2.24) is 0 Å². The number of carbonyl (C=O) groups is 1. The van der Waals surface area contributed by atoms with Crippen molar-refractivity contribution >= 4 is 5.97 Å². The van der Waals surface area contributed by atoms with Crippen LogP contribution in [0.3, 0.4) is 0 Å². The van der Waals surface area contributed by atoms with Crippen LogP contribution in [0.25, 0.3) is 0 Å². The molecule has 0 aliphatic heterocycles. The zero-order chi connectivity index (χ0) is 8.91. The summed E-state index contributed by atoms with van der Waals surface area (Å²) >= 11 is 0. The highest BCUT2D eigenvalue weighted by atomic mass is 16.5. The van der Waals surface area contributed by atoms with E-state index in [4.69, 9.17) is 15.6 Å². The lowest BCUT2D eigenvalue weighted by molar-refractivity contribution is -0.138. The van der Waals surface area contributed by atoms with Crippen LogP contribution in [0.4, 0.5) is 0 Å². The number of ether oxygens (including phenoxy) is 1. The first-order valence-electron chi connectivity index (χ1n) is 3.54. The molecule has 0 aromatic carbocycles. The highest BCUT2D eigenvalue weighted by molar-refractivity contribution is 5.66. The molecule has 0 amide bonds. The van der Waals surface area contributed by atoms with Crippen molar-refractivity contribution in [2.45, 2.75) is 32.3 Å². The van der Waals surface area contributed by atoms with Gasteiger partial charge in [0.2, 0.25) is 0 Å². The molecule has 3 N–H and O–H groups in total. The first kappa shape index (κ1) is 10.4. The fourth-order valence-electron chi connectivity index (χ4n) is 0.706. The maximum Gasteiger partial charge on any atom is 0.303 e. The quantitative estimate of drug-likeness (QED) is 0.578. The van der Waals surface area contributed by atoms with E-state index < -0.39 is 11.6 Å². The number of nitrogens with two attached hydrogens (primary N) is 1. The molecule has 0 aromatic rings. The lowest BCUT2D eigenvalue weighted by Crippen LogP contribution is -2.28. The van der Waals surface area contributed by atoms with Crippen LogP contribution in [-0.2, 0) is 9.53 Å². The monoisotopic (exact) mass is 161 g/mol. The van der Waals surface area contributed by atoms with Crippen molar-refractivity contribution in [3.8, 4) is 0 Å². The summed E-state index contributed by atoms with van der Waals surface area (Å²) in [5.74, 6) is -0.807. The lowest BCUT2D eigenvalue weighted by Gasteiger charge is -2.23. The molecule has 0 aliphatic carbocycles. The van der Waals surface area contributed by atoms with E-state index >= 15 is 0 Å². The molecule has 0 fully saturated rings. The molecule has 0 spiro atoms. The molecule has 0 unspecified atom stereocenters. The van der Waals surface area contributed by atoms with Crippen molar-refractivity contribution in [1.29, 1.82) is 0 Å². The van der Waals surface area contributed by atoms with Crippen LogP contribution >= 0.6 is 0 Å². The summed E-state index contributed by atoms with van der Waals surface area (Å²) in [4.78, 5) is 10.2. The predicted molar refractivity (Wildman–Crippen MR) is 41.1 cm³/mol. The Balaban J connectivity index is 3.63.